The maximum Gasteiger partial charge on any atom is 0.255 e. The quantitative estimate of drug-likeness (QED) is 0.174. The minimum Gasteiger partial charge on any atom is -0.508 e. The molecule has 3 N–H and O–H groups in total. The van der Waals surface area contributed by atoms with Gasteiger partial charge in [-0.3, -0.25) is 34.3 Å². The number of aryl methyl sites for hydroxylation is 1. The number of aromatic hydroxyl groups is 1. The smallest absolute Gasteiger partial charge is 0.255 e. The molecule has 3 atom stereocenters. The zero-order chi connectivity index (χ0) is 39.9. The topological polar surface area (TPSA) is 132 Å². The number of phenolic OH excluding ortho intramolecular Hbond substituents is 1. The number of hydrogen-bond donors (Lipinski definition) is 3. The number of imide groups is 1. The Morgan fingerprint density at radius 1 is 0.825 bits per heavy atom. The molecule has 11 heteroatoms. The summed E-state index contributed by atoms with van der Waals surface area (Å²) in [5, 5.41) is 15.5. The second kappa shape index (κ2) is 18.2. The van der Waals surface area contributed by atoms with E-state index in [1.54, 1.807) is 12.1 Å². The number of nitrogens with zero attached hydrogens (tertiary/aromatic N) is 3. The standard InChI is InChI=1S/C44H47N5O6.C2H6/c50-34-10-15-37-32(25-34)9-14-36(30-4-2-1-3-5-30)42(37)31-7-11-35(12-8-31)55-23-22-47-18-20-48(21-19-47)28-41(52)45-26-29-6-13-38-33(24-29)27-49(44(38)54)39-16-17-40(51)46-43(39)53;1-2/h1-8,10-13,15,24-25,36,39,42,50H,9,14,16-23,26-28H2,(H,45,52)(H,46,51,53);1-2H3. The number of hydrogen-bond acceptors (Lipinski definition) is 8. The van der Waals surface area contributed by atoms with Crippen LogP contribution in [0.3, 0.4) is 0 Å². The molecule has 4 aromatic carbocycles. The van der Waals surface area contributed by atoms with Crippen LogP contribution in [-0.2, 0) is 33.9 Å². The summed E-state index contributed by atoms with van der Waals surface area (Å²) in [6.07, 6.45) is 2.51. The molecule has 11 nitrogen and oxygen atoms in total. The molecule has 3 heterocycles. The molecule has 4 aromatic rings. The SMILES string of the molecule is CC.O=C(CN1CCN(CCOc2ccc(C3c4ccc(O)cc4CCC3c3ccccc3)cc2)CC1)NCc1ccc2c(c1)CN(C1CCC(=O)NC1=O)C2=O. The number of rotatable bonds is 11. The van der Waals surface area contributed by atoms with Crippen molar-refractivity contribution in [2.75, 3.05) is 45.9 Å². The molecule has 0 radical (unpaired) electrons. The lowest BCUT2D eigenvalue weighted by Crippen LogP contribution is -2.52. The fourth-order valence-corrected chi connectivity index (χ4v) is 8.71. The number of carbonyl (C=O) groups is 4. The molecule has 0 aromatic heterocycles. The molecule has 3 unspecified atom stereocenters. The summed E-state index contributed by atoms with van der Waals surface area (Å²) in [5.41, 5.74) is 7.35. The van der Waals surface area contributed by atoms with Crippen LogP contribution < -0.4 is 15.4 Å². The van der Waals surface area contributed by atoms with Gasteiger partial charge in [0.05, 0.1) is 6.54 Å². The van der Waals surface area contributed by atoms with Crippen molar-refractivity contribution in [3.05, 3.63) is 130 Å². The van der Waals surface area contributed by atoms with Gasteiger partial charge < -0.3 is 20.1 Å². The van der Waals surface area contributed by atoms with Crippen molar-refractivity contribution in [2.45, 2.75) is 70.5 Å². The van der Waals surface area contributed by atoms with E-state index in [1.807, 2.05) is 32.0 Å². The van der Waals surface area contributed by atoms with E-state index in [1.165, 1.54) is 27.2 Å². The van der Waals surface area contributed by atoms with Crippen molar-refractivity contribution in [1.29, 1.82) is 0 Å². The third kappa shape index (κ3) is 9.21. The van der Waals surface area contributed by atoms with Gasteiger partial charge >= 0.3 is 0 Å². The zero-order valence-electron chi connectivity index (χ0n) is 32.9. The lowest BCUT2D eigenvalue weighted by molar-refractivity contribution is -0.137. The van der Waals surface area contributed by atoms with Gasteiger partial charge in [-0.05, 0) is 88.9 Å². The first kappa shape index (κ1) is 39.7. The van der Waals surface area contributed by atoms with Gasteiger partial charge in [-0.2, -0.15) is 0 Å². The minimum absolute atomic E-state index is 0.0491. The van der Waals surface area contributed by atoms with E-state index in [2.05, 4.69) is 81.1 Å². The van der Waals surface area contributed by atoms with Gasteiger partial charge in [-0.15, -0.1) is 0 Å². The van der Waals surface area contributed by atoms with Gasteiger partial charge in [0.25, 0.3) is 5.91 Å². The summed E-state index contributed by atoms with van der Waals surface area (Å²) in [5.74, 6) is 0.728. The summed E-state index contributed by atoms with van der Waals surface area (Å²) in [7, 11) is 0. The molecule has 2 fully saturated rings. The summed E-state index contributed by atoms with van der Waals surface area (Å²) < 4.78 is 6.19. The van der Waals surface area contributed by atoms with Gasteiger partial charge in [-0.25, -0.2) is 0 Å². The van der Waals surface area contributed by atoms with Crippen molar-refractivity contribution >= 4 is 23.6 Å². The second-order valence-corrected chi connectivity index (χ2v) is 15.1. The van der Waals surface area contributed by atoms with Gasteiger partial charge in [0, 0.05) is 63.7 Å². The molecule has 0 bridgehead atoms. The minimum atomic E-state index is -0.649. The van der Waals surface area contributed by atoms with Crippen LogP contribution in [0.15, 0.2) is 91.0 Å². The van der Waals surface area contributed by atoms with E-state index < -0.39 is 11.9 Å². The number of amides is 4. The van der Waals surface area contributed by atoms with Crippen molar-refractivity contribution in [1.82, 2.24) is 25.3 Å². The fraction of sp³-hybridized carbons (Fsp3) is 0.391. The molecule has 8 rings (SSSR count). The first-order chi connectivity index (χ1) is 27.8. The maximum atomic E-state index is 13.0. The van der Waals surface area contributed by atoms with Gasteiger partial charge in [-0.1, -0.05) is 74.5 Å². The van der Waals surface area contributed by atoms with Crippen molar-refractivity contribution in [3.8, 4) is 11.5 Å². The van der Waals surface area contributed by atoms with E-state index >= 15 is 0 Å². The normalized spacial score (nSPS) is 20.8. The molecular formula is C46H53N5O6. The molecule has 4 amide bonds. The Labute approximate surface area is 335 Å². The molecule has 298 valence electrons. The number of phenols is 1. The monoisotopic (exact) mass is 771 g/mol. The Balaban J connectivity index is 0.00000244. The highest BCUT2D eigenvalue weighted by molar-refractivity contribution is 6.05. The highest BCUT2D eigenvalue weighted by atomic mass is 16.5. The van der Waals surface area contributed by atoms with Gasteiger partial charge in [0.2, 0.25) is 17.7 Å². The number of ether oxygens (including phenoxy) is 1. The van der Waals surface area contributed by atoms with Crippen LogP contribution in [0.25, 0.3) is 0 Å². The lowest BCUT2D eigenvalue weighted by atomic mass is 9.69. The molecule has 3 aliphatic heterocycles. The Bertz CT molecular complexity index is 2060. The molecular weight excluding hydrogens is 719 g/mol. The van der Waals surface area contributed by atoms with E-state index in [9.17, 15) is 24.3 Å². The first-order valence-corrected chi connectivity index (χ1v) is 20.4. The Morgan fingerprint density at radius 3 is 2.33 bits per heavy atom. The second-order valence-electron chi connectivity index (χ2n) is 15.1. The summed E-state index contributed by atoms with van der Waals surface area (Å²) in [6.45, 7) is 9.66. The van der Waals surface area contributed by atoms with E-state index in [4.69, 9.17) is 4.74 Å². The largest absolute Gasteiger partial charge is 0.508 e. The molecule has 1 aliphatic carbocycles. The fourth-order valence-electron chi connectivity index (χ4n) is 8.71. The molecule has 4 aliphatic rings. The Morgan fingerprint density at radius 2 is 1.58 bits per heavy atom. The number of nitrogens with one attached hydrogen (secondary N) is 2. The van der Waals surface area contributed by atoms with E-state index in [0.717, 1.165) is 62.4 Å². The van der Waals surface area contributed by atoms with Crippen LogP contribution >= 0.6 is 0 Å². The maximum absolute atomic E-state index is 13.0. The Hall–Kier alpha value is -5.52. The first-order valence-electron chi connectivity index (χ1n) is 20.4. The molecule has 0 spiro atoms. The number of fused-ring (bicyclic) bond motifs is 2. The third-order valence-corrected chi connectivity index (χ3v) is 11.6. The average molecular weight is 772 g/mol. The predicted molar refractivity (Wildman–Crippen MR) is 218 cm³/mol. The van der Waals surface area contributed by atoms with Crippen LogP contribution in [0.2, 0.25) is 0 Å². The lowest BCUT2D eigenvalue weighted by Gasteiger charge is -2.35. The van der Waals surface area contributed by atoms with Crippen molar-refractivity contribution in [3.63, 3.8) is 0 Å². The number of carbonyl (C=O) groups excluding carboxylic acids is 4. The summed E-state index contributed by atoms with van der Waals surface area (Å²) >= 11 is 0. The molecule has 0 saturated carbocycles. The van der Waals surface area contributed by atoms with Crippen molar-refractivity contribution < 1.29 is 29.0 Å². The highest BCUT2D eigenvalue weighted by Crippen LogP contribution is 2.47. The van der Waals surface area contributed by atoms with Crippen LogP contribution in [-0.4, -0.2) is 95.4 Å². The van der Waals surface area contributed by atoms with Gasteiger partial charge in [0.1, 0.15) is 24.1 Å². The van der Waals surface area contributed by atoms with Crippen LogP contribution in [0, 0.1) is 0 Å². The zero-order valence-corrected chi connectivity index (χ0v) is 32.9. The number of benzene rings is 4. The van der Waals surface area contributed by atoms with Gasteiger partial charge in [0.15, 0.2) is 0 Å². The average Bonchev–Trinajstić information content (AvgIpc) is 3.56. The summed E-state index contributed by atoms with van der Waals surface area (Å²) in [4.78, 5) is 55.8. The number of piperazine rings is 1. The third-order valence-electron chi connectivity index (χ3n) is 11.6. The van der Waals surface area contributed by atoms with E-state index in [0.29, 0.717) is 49.9 Å². The van der Waals surface area contributed by atoms with E-state index in [-0.39, 0.29) is 30.1 Å². The van der Waals surface area contributed by atoms with Crippen LogP contribution in [0.5, 0.6) is 11.5 Å². The summed E-state index contributed by atoms with van der Waals surface area (Å²) in [6, 6.07) is 29.9. The van der Waals surface area contributed by atoms with Crippen LogP contribution in [0.4, 0.5) is 0 Å². The molecule has 2 saturated heterocycles. The van der Waals surface area contributed by atoms with Crippen LogP contribution in [0.1, 0.15) is 88.7 Å². The number of piperidine rings is 1. The highest BCUT2D eigenvalue weighted by Gasteiger charge is 2.39. The molecule has 57 heavy (non-hydrogen) atoms. The van der Waals surface area contributed by atoms with Crippen molar-refractivity contribution in [2.24, 2.45) is 0 Å². The predicted octanol–water partition coefficient (Wildman–Crippen LogP) is 5.35. The Kier molecular flexibility index (Phi) is 12.7.